The second-order valence-electron chi connectivity index (χ2n) is 6.02. The predicted octanol–water partition coefficient (Wildman–Crippen LogP) is 2.70. The predicted molar refractivity (Wildman–Crippen MR) is 105 cm³/mol. The van der Waals surface area contributed by atoms with Gasteiger partial charge in [-0.15, -0.1) is 0 Å². The fraction of sp³-hybridized carbons (Fsp3) is 0.190. The second kappa shape index (κ2) is 7.45. The average molecular weight is 366 g/mol. The van der Waals surface area contributed by atoms with E-state index in [-0.39, 0.29) is 5.75 Å². The van der Waals surface area contributed by atoms with Gasteiger partial charge in [0.05, 0.1) is 20.4 Å². The van der Waals surface area contributed by atoms with Crippen LogP contribution in [-0.2, 0) is 7.05 Å². The van der Waals surface area contributed by atoms with Crippen molar-refractivity contribution in [1.82, 2.24) is 9.72 Å². The maximum Gasteiger partial charge on any atom is 0.200 e. The third kappa shape index (κ3) is 3.33. The highest BCUT2D eigenvalue weighted by molar-refractivity contribution is 5.93. The van der Waals surface area contributed by atoms with E-state index in [0.717, 1.165) is 21.7 Å². The number of aromatic hydroxyl groups is 1. The Hall–Kier alpha value is -3.41. The van der Waals surface area contributed by atoms with E-state index in [1.807, 2.05) is 43.0 Å². The number of phenolic OH excluding ortho intramolecular Hbond substituents is 1. The van der Waals surface area contributed by atoms with Crippen LogP contribution in [0, 0.1) is 0 Å². The molecule has 27 heavy (non-hydrogen) atoms. The highest BCUT2D eigenvalue weighted by Crippen LogP contribution is 2.41. The second-order valence-corrected chi connectivity index (χ2v) is 6.02. The van der Waals surface area contributed by atoms with Crippen molar-refractivity contribution >= 4 is 18.2 Å². The third-order valence-corrected chi connectivity index (χ3v) is 4.48. The summed E-state index contributed by atoms with van der Waals surface area (Å²) in [5.74, 6) is 1.08. The summed E-state index contributed by atoms with van der Waals surface area (Å²) in [6, 6.07) is 5.38. The first-order chi connectivity index (χ1) is 13.0. The van der Waals surface area contributed by atoms with Gasteiger partial charge in [0.1, 0.15) is 0 Å². The third-order valence-electron chi connectivity index (χ3n) is 4.48. The fourth-order valence-corrected chi connectivity index (χ4v) is 2.88. The molecule has 6 heteroatoms. The number of allylic oxidation sites excluding steroid dienone is 2. The number of rotatable bonds is 5. The molecule has 0 amide bonds. The summed E-state index contributed by atoms with van der Waals surface area (Å²) in [6.07, 6.45) is 7.65. The molecule has 0 saturated carbocycles. The summed E-state index contributed by atoms with van der Waals surface area (Å²) < 4.78 is 18.0. The number of hydrogen-bond acceptors (Lipinski definition) is 5. The van der Waals surface area contributed by atoms with Gasteiger partial charge in [0, 0.05) is 29.7 Å². The zero-order valence-corrected chi connectivity index (χ0v) is 15.8. The molecule has 0 aliphatic heterocycles. The first-order valence-corrected chi connectivity index (χ1v) is 8.38. The van der Waals surface area contributed by atoms with Crippen molar-refractivity contribution in [2.24, 2.45) is 7.05 Å². The van der Waals surface area contributed by atoms with Crippen molar-refractivity contribution in [3.63, 3.8) is 0 Å². The molecule has 6 nitrogen and oxygen atoms in total. The molecule has 0 aliphatic carbocycles. The summed E-state index contributed by atoms with van der Waals surface area (Å²) >= 11 is 0. The molecule has 0 radical (unpaired) electrons. The van der Waals surface area contributed by atoms with Gasteiger partial charge in [-0.3, -0.25) is 0 Å². The van der Waals surface area contributed by atoms with Crippen LogP contribution in [0.15, 0.2) is 41.2 Å². The number of hydrogen-bond donors (Lipinski definition) is 1. The minimum Gasteiger partial charge on any atom is -0.502 e. The van der Waals surface area contributed by atoms with Gasteiger partial charge < -0.3 is 23.7 Å². The molecular weight excluding hydrogens is 344 g/mol. The molecular formula is C21H22N2O4. The molecule has 140 valence electrons. The Labute approximate surface area is 157 Å². The summed E-state index contributed by atoms with van der Waals surface area (Å²) in [5.41, 5.74) is 2.44. The molecule has 0 saturated heterocycles. The summed E-state index contributed by atoms with van der Waals surface area (Å²) in [6.45, 7) is 6.04. The molecule has 0 spiro atoms. The molecule has 0 bridgehead atoms. The number of aryl methyl sites for hydroxylation is 1. The molecule has 0 atom stereocenters. The lowest BCUT2D eigenvalue weighted by Gasteiger charge is -2.11. The van der Waals surface area contributed by atoms with Gasteiger partial charge in [-0.05, 0) is 42.0 Å². The average Bonchev–Trinajstić information content (AvgIpc) is 3.28. The van der Waals surface area contributed by atoms with Crippen molar-refractivity contribution in [3.8, 4) is 28.6 Å². The van der Waals surface area contributed by atoms with E-state index >= 15 is 0 Å². The Kier molecular flexibility index (Phi) is 5.07. The van der Waals surface area contributed by atoms with E-state index in [2.05, 4.69) is 11.7 Å². The van der Waals surface area contributed by atoms with E-state index in [1.165, 1.54) is 14.2 Å². The molecule has 2 aromatic heterocycles. The van der Waals surface area contributed by atoms with Crippen molar-refractivity contribution in [2.45, 2.75) is 6.92 Å². The summed E-state index contributed by atoms with van der Waals surface area (Å²) in [7, 11) is 4.92. The lowest BCUT2D eigenvalue weighted by atomic mass is 10.0. The minimum atomic E-state index is -0.0615. The maximum absolute atomic E-state index is 10.1. The smallest absolute Gasteiger partial charge is 0.200 e. The maximum atomic E-state index is 10.1. The van der Waals surface area contributed by atoms with Gasteiger partial charge in [0.15, 0.2) is 17.3 Å². The molecule has 0 fully saturated rings. The molecule has 2 heterocycles. The normalized spacial score (nSPS) is 12.4. The zero-order chi connectivity index (χ0) is 19.6. The number of ether oxygens (including phenoxy) is 2. The van der Waals surface area contributed by atoms with E-state index in [9.17, 15) is 5.11 Å². The van der Waals surface area contributed by atoms with E-state index < -0.39 is 0 Å². The molecule has 1 aromatic carbocycles. The van der Waals surface area contributed by atoms with Gasteiger partial charge in [0.25, 0.3) is 0 Å². The first kappa shape index (κ1) is 18.4. The number of methoxy groups -OCH3 is 2. The van der Waals surface area contributed by atoms with E-state index in [4.69, 9.17) is 14.0 Å². The number of nitrogens with zero attached hydrogens (tertiary/aromatic N) is 2. The van der Waals surface area contributed by atoms with Crippen molar-refractivity contribution in [1.29, 1.82) is 0 Å². The topological polar surface area (TPSA) is 69.7 Å². The Balaban J connectivity index is 2.15. The number of benzene rings is 1. The Bertz CT molecular complexity index is 1080. The largest absolute Gasteiger partial charge is 0.502 e. The highest BCUT2D eigenvalue weighted by Gasteiger charge is 2.18. The Morgan fingerprint density at radius 2 is 1.93 bits per heavy atom. The van der Waals surface area contributed by atoms with E-state index in [0.29, 0.717) is 22.8 Å². The van der Waals surface area contributed by atoms with Crippen LogP contribution >= 0.6 is 0 Å². The highest BCUT2D eigenvalue weighted by atomic mass is 16.5. The van der Waals surface area contributed by atoms with Crippen LogP contribution < -0.4 is 20.0 Å². The molecule has 0 aliphatic rings. The SMILES string of the molecule is C=c1/c(=C\C(=C/C)c2cnoc2-c2cc(OC)c(O)c(OC)c2)ccn1C. The lowest BCUT2D eigenvalue weighted by molar-refractivity contribution is 0.339. The van der Waals surface area contributed by atoms with Crippen LogP contribution in [0.5, 0.6) is 17.2 Å². The number of aromatic nitrogens is 2. The molecule has 1 N–H and O–H groups in total. The summed E-state index contributed by atoms with van der Waals surface area (Å²) in [5, 5.41) is 16.0. The number of phenols is 1. The Morgan fingerprint density at radius 3 is 2.44 bits per heavy atom. The standard InChI is InChI=1S/C21H22N2O4/c1-6-14(9-15-7-8-23(3)13(15)2)17-12-22-27-21(17)16-10-18(25-4)20(24)19(11-16)26-5/h6-12,24H,2H2,1,3-5H3/b14-6+,15-9-. The van der Waals surface area contributed by atoms with Gasteiger partial charge >= 0.3 is 0 Å². The lowest BCUT2D eigenvalue weighted by Crippen LogP contribution is -2.25. The molecule has 0 unspecified atom stereocenters. The van der Waals surface area contributed by atoms with Crippen LogP contribution in [0.25, 0.3) is 29.6 Å². The first-order valence-electron chi connectivity index (χ1n) is 8.38. The summed E-state index contributed by atoms with van der Waals surface area (Å²) in [4.78, 5) is 0. The van der Waals surface area contributed by atoms with Gasteiger partial charge in [0.2, 0.25) is 5.75 Å². The molecule has 3 rings (SSSR count). The monoisotopic (exact) mass is 366 g/mol. The quantitative estimate of drug-likeness (QED) is 0.752. The minimum absolute atomic E-state index is 0.0615. The van der Waals surface area contributed by atoms with Gasteiger partial charge in [-0.25, -0.2) is 0 Å². The Morgan fingerprint density at radius 1 is 1.26 bits per heavy atom. The van der Waals surface area contributed by atoms with Gasteiger partial charge in [-0.2, -0.15) is 0 Å². The van der Waals surface area contributed by atoms with Gasteiger partial charge in [-0.1, -0.05) is 17.8 Å². The van der Waals surface area contributed by atoms with Crippen LogP contribution in [0.2, 0.25) is 0 Å². The van der Waals surface area contributed by atoms with Crippen LogP contribution in [-0.4, -0.2) is 29.0 Å². The van der Waals surface area contributed by atoms with E-state index in [1.54, 1.807) is 18.3 Å². The zero-order valence-electron chi connectivity index (χ0n) is 15.8. The fourth-order valence-electron chi connectivity index (χ4n) is 2.88. The van der Waals surface area contributed by atoms with Crippen molar-refractivity contribution < 1.29 is 19.1 Å². The van der Waals surface area contributed by atoms with Crippen LogP contribution in [0.1, 0.15) is 12.5 Å². The van der Waals surface area contributed by atoms with Crippen LogP contribution in [0.3, 0.4) is 0 Å². The molecule has 3 aromatic rings. The van der Waals surface area contributed by atoms with Crippen molar-refractivity contribution in [3.05, 3.63) is 52.8 Å². The van der Waals surface area contributed by atoms with Crippen molar-refractivity contribution in [2.75, 3.05) is 14.2 Å². The van der Waals surface area contributed by atoms with Crippen LogP contribution in [0.4, 0.5) is 0 Å².